The predicted molar refractivity (Wildman–Crippen MR) is 97.0 cm³/mol. The lowest BCUT2D eigenvalue weighted by atomic mass is 9.90. The van der Waals surface area contributed by atoms with Gasteiger partial charge in [-0.25, -0.2) is 4.68 Å². The summed E-state index contributed by atoms with van der Waals surface area (Å²) < 4.78 is 8.62. The van der Waals surface area contributed by atoms with Crippen LogP contribution in [0.3, 0.4) is 0 Å². The molecule has 1 N–H and O–H groups in total. The number of aromatic nitrogens is 4. The zero-order valence-electron chi connectivity index (χ0n) is 14.8. The Morgan fingerprint density at radius 1 is 1.27 bits per heavy atom. The number of benzene rings is 1. The van der Waals surface area contributed by atoms with Crippen LogP contribution in [0.25, 0.3) is 10.9 Å². The summed E-state index contributed by atoms with van der Waals surface area (Å²) in [6.07, 6.45) is 3.46. The van der Waals surface area contributed by atoms with Gasteiger partial charge in [0.05, 0.1) is 23.4 Å². The van der Waals surface area contributed by atoms with Crippen molar-refractivity contribution < 1.29 is 9.84 Å². The van der Waals surface area contributed by atoms with Gasteiger partial charge in [0.15, 0.2) is 0 Å². The highest BCUT2D eigenvalue weighted by Crippen LogP contribution is 2.24. The third-order valence-corrected chi connectivity index (χ3v) is 5.06. The molecule has 1 aliphatic heterocycles. The topological polar surface area (TPSA) is 82.2 Å². The van der Waals surface area contributed by atoms with Crippen molar-refractivity contribution in [2.45, 2.75) is 31.4 Å². The lowest BCUT2D eigenvalue weighted by molar-refractivity contribution is -0.0630. The van der Waals surface area contributed by atoms with Gasteiger partial charge in [-0.05, 0) is 30.4 Å². The van der Waals surface area contributed by atoms with Crippen LogP contribution in [0.4, 0.5) is 0 Å². The number of pyridine rings is 1. The van der Waals surface area contributed by atoms with Crippen molar-refractivity contribution in [3.05, 3.63) is 58.1 Å². The zero-order valence-corrected chi connectivity index (χ0v) is 14.8. The first-order valence-corrected chi connectivity index (χ1v) is 8.81. The van der Waals surface area contributed by atoms with Crippen LogP contribution in [-0.4, -0.2) is 43.5 Å². The summed E-state index contributed by atoms with van der Waals surface area (Å²) in [6.45, 7) is 1.49. The van der Waals surface area contributed by atoms with Crippen LogP contribution in [0.15, 0.2) is 41.3 Å². The molecule has 0 saturated carbocycles. The number of rotatable bonds is 4. The number of hydrogen-bond acceptors (Lipinski definition) is 5. The molecule has 0 radical (unpaired) electrons. The highest BCUT2D eigenvalue weighted by atomic mass is 16.5. The van der Waals surface area contributed by atoms with Crippen molar-refractivity contribution >= 4 is 10.9 Å². The number of nitrogens with zero attached hydrogens (tertiary/aromatic N) is 4. The van der Waals surface area contributed by atoms with E-state index in [4.69, 9.17) is 4.74 Å². The standard InChI is InChI=1S/C19H22N4O3/c1-22-17-5-3-2-4-14(17)10-15(18(22)24)12-23-13-16(20-21-23)11-19(25)6-8-26-9-7-19/h2-5,10,13,25H,6-9,11-12H2,1H3. The van der Waals surface area contributed by atoms with Gasteiger partial charge in [0.2, 0.25) is 0 Å². The quantitative estimate of drug-likeness (QED) is 0.763. The van der Waals surface area contributed by atoms with E-state index in [1.165, 1.54) is 0 Å². The van der Waals surface area contributed by atoms with Crippen molar-refractivity contribution in [3.8, 4) is 0 Å². The summed E-state index contributed by atoms with van der Waals surface area (Å²) in [6, 6.07) is 9.71. The second-order valence-electron chi connectivity index (χ2n) is 7.01. The second kappa shape index (κ2) is 6.66. The van der Waals surface area contributed by atoms with Gasteiger partial charge >= 0.3 is 0 Å². The SMILES string of the molecule is Cn1c(=O)c(Cn2cc(CC3(O)CCOCC3)nn2)cc2ccccc21. The van der Waals surface area contributed by atoms with Gasteiger partial charge in [-0.2, -0.15) is 0 Å². The molecule has 1 saturated heterocycles. The molecule has 7 heteroatoms. The molecule has 4 rings (SSSR count). The van der Waals surface area contributed by atoms with E-state index >= 15 is 0 Å². The minimum Gasteiger partial charge on any atom is -0.389 e. The molecule has 0 atom stereocenters. The minimum atomic E-state index is -0.780. The average molecular weight is 354 g/mol. The van der Waals surface area contributed by atoms with Crippen LogP contribution in [0, 0.1) is 0 Å². The Hall–Kier alpha value is -2.51. The highest BCUT2D eigenvalue weighted by Gasteiger charge is 2.31. The largest absolute Gasteiger partial charge is 0.389 e. The lowest BCUT2D eigenvalue weighted by Gasteiger charge is -2.31. The predicted octanol–water partition coefficient (Wildman–Crippen LogP) is 1.26. The van der Waals surface area contributed by atoms with Crippen LogP contribution >= 0.6 is 0 Å². The molecule has 0 spiro atoms. The molecule has 0 aliphatic carbocycles. The summed E-state index contributed by atoms with van der Waals surface area (Å²) in [4.78, 5) is 12.6. The fourth-order valence-electron chi connectivity index (χ4n) is 3.54. The van der Waals surface area contributed by atoms with E-state index in [-0.39, 0.29) is 5.56 Å². The van der Waals surface area contributed by atoms with Gasteiger partial charge in [0.25, 0.3) is 5.56 Å². The van der Waals surface area contributed by atoms with E-state index in [1.807, 2.05) is 36.5 Å². The molecule has 1 fully saturated rings. The van der Waals surface area contributed by atoms with E-state index in [0.29, 0.717) is 44.6 Å². The number of ether oxygens (including phenoxy) is 1. The molecule has 26 heavy (non-hydrogen) atoms. The lowest BCUT2D eigenvalue weighted by Crippen LogP contribution is -2.38. The van der Waals surface area contributed by atoms with Crippen molar-refractivity contribution in [1.29, 1.82) is 0 Å². The highest BCUT2D eigenvalue weighted by molar-refractivity contribution is 5.79. The van der Waals surface area contributed by atoms with Crippen molar-refractivity contribution in [1.82, 2.24) is 19.6 Å². The van der Waals surface area contributed by atoms with Gasteiger partial charge in [-0.15, -0.1) is 5.10 Å². The number of para-hydroxylation sites is 1. The maximum absolute atomic E-state index is 12.6. The summed E-state index contributed by atoms with van der Waals surface area (Å²) in [5.41, 5.74) is 1.48. The molecular formula is C19H22N4O3. The zero-order chi connectivity index (χ0) is 18.1. The van der Waals surface area contributed by atoms with Gasteiger partial charge in [-0.3, -0.25) is 4.79 Å². The molecule has 7 nitrogen and oxygen atoms in total. The van der Waals surface area contributed by atoms with Gasteiger partial charge in [0.1, 0.15) is 0 Å². The Labute approximate surface area is 150 Å². The monoisotopic (exact) mass is 354 g/mol. The first-order valence-electron chi connectivity index (χ1n) is 8.81. The molecular weight excluding hydrogens is 332 g/mol. The average Bonchev–Trinajstić information content (AvgIpc) is 3.06. The van der Waals surface area contributed by atoms with Gasteiger partial charge in [-0.1, -0.05) is 23.4 Å². The first-order chi connectivity index (χ1) is 12.5. The smallest absolute Gasteiger partial charge is 0.255 e. The Balaban J connectivity index is 1.57. The van der Waals surface area contributed by atoms with Crippen LogP contribution in [0.1, 0.15) is 24.1 Å². The third kappa shape index (κ3) is 3.27. The number of aliphatic hydroxyl groups is 1. The normalized spacial score (nSPS) is 16.8. The summed E-state index contributed by atoms with van der Waals surface area (Å²) >= 11 is 0. The fourth-order valence-corrected chi connectivity index (χ4v) is 3.54. The summed E-state index contributed by atoms with van der Waals surface area (Å²) in [5, 5.41) is 19.9. The number of fused-ring (bicyclic) bond motifs is 1. The van der Waals surface area contributed by atoms with Crippen LogP contribution in [0.2, 0.25) is 0 Å². The van der Waals surface area contributed by atoms with Gasteiger partial charge < -0.3 is 14.4 Å². The van der Waals surface area contributed by atoms with E-state index in [0.717, 1.165) is 16.6 Å². The van der Waals surface area contributed by atoms with Crippen molar-refractivity contribution in [2.24, 2.45) is 7.05 Å². The molecule has 3 heterocycles. The summed E-state index contributed by atoms with van der Waals surface area (Å²) in [5.74, 6) is 0. The fraction of sp³-hybridized carbons (Fsp3) is 0.421. The molecule has 136 valence electrons. The summed E-state index contributed by atoms with van der Waals surface area (Å²) in [7, 11) is 1.78. The van der Waals surface area contributed by atoms with Crippen LogP contribution in [0.5, 0.6) is 0 Å². The molecule has 1 aromatic carbocycles. The Kier molecular flexibility index (Phi) is 4.34. The molecule has 1 aliphatic rings. The van der Waals surface area contributed by atoms with E-state index < -0.39 is 5.60 Å². The Morgan fingerprint density at radius 3 is 2.85 bits per heavy atom. The van der Waals surface area contributed by atoms with E-state index in [1.54, 1.807) is 16.3 Å². The van der Waals surface area contributed by atoms with E-state index in [2.05, 4.69) is 10.3 Å². The molecule has 0 amide bonds. The van der Waals surface area contributed by atoms with Crippen molar-refractivity contribution in [3.63, 3.8) is 0 Å². The Bertz CT molecular complexity index is 986. The molecule has 0 unspecified atom stereocenters. The number of aryl methyl sites for hydroxylation is 1. The van der Waals surface area contributed by atoms with Crippen LogP contribution < -0.4 is 5.56 Å². The van der Waals surface area contributed by atoms with Gasteiger partial charge in [0, 0.05) is 38.4 Å². The van der Waals surface area contributed by atoms with Crippen LogP contribution in [-0.2, 0) is 24.8 Å². The Morgan fingerprint density at radius 2 is 2.04 bits per heavy atom. The third-order valence-electron chi connectivity index (χ3n) is 5.06. The molecule has 0 bridgehead atoms. The minimum absolute atomic E-state index is 0.0381. The number of hydrogen-bond donors (Lipinski definition) is 1. The second-order valence-corrected chi connectivity index (χ2v) is 7.01. The first kappa shape index (κ1) is 16.9. The molecule has 2 aromatic heterocycles. The maximum atomic E-state index is 12.6. The molecule has 3 aromatic rings. The maximum Gasteiger partial charge on any atom is 0.255 e. The van der Waals surface area contributed by atoms with E-state index in [9.17, 15) is 9.90 Å². The van der Waals surface area contributed by atoms with Crippen molar-refractivity contribution in [2.75, 3.05) is 13.2 Å².